The maximum Gasteiger partial charge on any atom is 0.303 e. The third-order valence-corrected chi connectivity index (χ3v) is 6.27. The molecule has 0 aliphatic heterocycles. The predicted molar refractivity (Wildman–Crippen MR) is 104 cm³/mol. The molecule has 6 atom stereocenters. The van der Waals surface area contributed by atoms with Crippen LogP contribution in [-0.4, -0.2) is 33.5 Å². The number of aliphatic hydroxyl groups excluding tert-OH is 2. The van der Waals surface area contributed by atoms with Crippen LogP contribution in [-0.2, 0) is 4.79 Å². The molecule has 0 heterocycles. The van der Waals surface area contributed by atoms with Crippen molar-refractivity contribution in [2.45, 2.75) is 83.8 Å². The molecular weight excluding hydrogens is 328 g/mol. The van der Waals surface area contributed by atoms with E-state index in [1.54, 1.807) is 0 Å². The number of allylic oxidation sites excluding steroid dienone is 2. The van der Waals surface area contributed by atoms with Crippen LogP contribution >= 0.6 is 0 Å². The first-order valence-electron chi connectivity index (χ1n) is 10.4. The van der Waals surface area contributed by atoms with Crippen molar-refractivity contribution in [1.29, 1.82) is 0 Å². The molecular formula is C22H36O4. The summed E-state index contributed by atoms with van der Waals surface area (Å²) in [6.45, 7) is 4.25. The van der Waals surface area contributed by atoms with Gasteiger partial charge >= 0.3 is 5.97 Å². The van der Waals surface area contributed by atoms with Crippen LogP contribution in [0.4, 0.5) is 0 Å². The Bertz CT molecular complexity index is 510. The van der Waals surface area contributed by atoms with E-state index in [2.05, 4.69) is 26.0 Å². The molecule has 0 amide bonds. The van der Waals surface area contributed by atoms with Crippen LogP contribution in [0.2, 0.25) is 0 Å². The molecule has 2 saturated carbocycles. The molecule has 2 rings (SSSR count). The minimum Gasteiger partial charge on any atom is -0.481 e. The molecule has 0 saturated heterocycles. The van der Waals surface area contributed by atoms with E-state index in [-0.39, 0.29) is 24.4 Å². The normalized spacial score (nSPS) is 32.2. The molecule has 0 bridgehead atoms. The fourth-order valence-corrected chi connectivity index (χ4v) is 4.63. The zero-order valence-electron chi connectivity index (χ0n) is 16.3. The van der Waals surface area contributed by atoms with Crippen molar-refractivity contribution in [2.24, 2.45) is 23.7 Å². The van der Waals surface area contributed by atoms with E-state index < -0.39 is 12.1 Å². The van der Waals surface area contributed by atoms with E-state index in [0.717, 1.165) is 44.9 Å². The number of hydrogen-bond donors (Lipinski definition) is 3. The highest BCUT2D eigenvalue weighted by Crippen LogP contribution is 2.50. The molecule has 4 heteroatoms. The van der Waals surface area contributed by atoms with Crippen LogP contribution in [0.3, 0.4) is 0 Å². The summed E-state index contributed by atoms with van der Waals surface area (Å²) >= 11 is 0. The number of aliphatic carboxylic acids is 1. The van der Waals surface area contributed by atoms with E-state index in [1.807, 2.05) is 6.08 Å². The largest absolute Gasteiger partial charge is 0.481 e. The summed E-state index contributed by atoms with van der Waals surface area (Å²) < 4.78 is 0. The van der Waals surface area contributed by atoms with Crippen LogP contribution in [0.5, 0.6) is 0 Å². The van der Waals surface area contributed by atoms with Crippen molar-refractivity contribution >= 4 is 5.97 Å². The Balaban J connectivity index is 1.87. The highest BCUT2D eigenvalue weighted by molar-refractivity contribution is 5.66. The number of carboxylic acids is 1. The molecule has 0 aromatic rings. The average Bonchev–Trinajstić information content (AvgIpc) is 3.10. The number of hydrogen-bond acceptors (Lipinski definition) is 3. The molecule has 2 fully saturated rings. The molecule has 26 heavy (non-hydrogen) atoms. The summed E-state index contributed by atoms with van der Waals surface area (Å²) in [4.78, 5) is 10.6. The highest BCUT2D eigenvalue weighted by Gasteiger charge is 2.44. The van der Waals surface area contributed by atoms with E-state index >= 15 is 0 Å². The van der Waals surface area contributed by atoms with Gasteiger partial charge in [0.05, 0.1) is 12.2 Å². The first kappa shape index (κ1) is 21.2. The first-order chi connectivity index (χ1) is 12.4. The van der Waals surface area contributed by atoms with Crippen molar-refractivity contribution in [3.05, 3.63) is 23.8 Å². The second-order valence-electron chi connectivity index (χ2n) is 8.36. The molecule has 0 aromatic heterocycles. The number of unbranched alkanes of at least 4 members (excludes halogenated alkanes) is 2. The summed E-state index contributed by atoms with van der Waals surface area (Å²) in [6.07, 6.45) is 13.4. The Hall–Kier alpha value is -1.13. The van der Waals surface area contributed by atoms with Crippen LogP contribution in [0.25, 0.3) is 0 Å². The Labute approximate surface area is 158 Å². The molecule has 0 aromatic carbocycles. The maximum absolute atomic E-state index is 10.6. The average molecular weight is 365 g/mol. The number of aliphatic hydroxyl groups is 2. The molecule has 0 radical (unpaired) electrons. The molecule has 4 nitrogen and oxygen atoms in total. The summed E-state index contributed by atoms with van der Waals surface area (Å²) in [5, 5.41) is 29.5. The topological polar surface area (TPSA) is 77.8 Å². The lowest BCUT2D eigenvalue weighted by Crippen LogP contribution is -2.19. The SMILES string of the molecule is CCCC[C@@H](C)[C@H](O)/C=C/[C@@H]1[C@H]2C/C(=C/CCCC(=O)O)C[C@@H]2C[C@H]1O. The van der Waals surface area contributed by atoms with Crippen molar-refractivity contribution in [1.82, 2.24) is 0 Å². The van der Waals surface area contributed by atoms with E-state index in [0.29, 0.717) is 18.3 Å². The quantitative estimate of drug-likeness (QED) is 0.398. The summed E-state index contributed by atoms with van der Waals surface area (Å²) in [5.41, 5.74) is 1.42. The van der Waals surface area contributed by atoms with E-state index in [1.165, 1.54) is 5.57 Å². The van der Waals surface area contributed by atoms with Gasteiger partial charge in [-0.25, -0.2) is 0 Å². The van der Waals surface area contributed by atoms with Gasteiger partial charge < -0.3 is 15.3 Å². The number of fused-ring (bicyclic) bond motifs is 1. The van der Waals surface area contributed by atoms with Gasteiger partial charge in [-0.3, -0.25) is 4.79 Å². The number of rotatable bonds is 10. The summed E-state index contributed by atoms with van der Waals surface area (Å²) in [5.74, 6) is 0.656. The highest BCUT2D eigenvalue weighted by atomic mass is 16.4. The van der Waals surface area contributed by atoms with Gasteiger partial charge in [0.2, 0.25) is 0 Å². The Kier molecular flexibility index (Phi) is 8.36. The van der Waals surface area contributed by atoms with Gasteiger partial charge in [0.1, 0.15) is 0 Å². The molecule has 2 aliphatic rings. The third-order valence-electron chi connectivity index (χ3n) is 6.27. The summed E-state index contributed by atoms with van der Waals surface area (Å²) in [6, 6.07) is 0. The Morgan fingerprint density at radius 2 is 2.08 bits per heavy atom. The van der Waals surface area contributed by atoms with Crippen LogP contribution in [0.15, 0.2) is 23.8 Å². The predicted octanol–water partition coefficient (Wildman–Crippen LogP) is 4.32. The van der Waals surface area contributed by atoms with Crippen molar-refractivity contribution in [3.63, 3.8) is 0 Å². The lowest BCUT2D eigenvalue weighted by molar-refractivity contribution is -0.137. The minimum absolute atomic E-state index is 0.137. The van der Waals surface area contributed by atoms with Gasteiger partial charge in [-0.15, -0.1) is 0 Å². The number of carboxylic acid groups (broad SMARTS) is 1. The van der Waals surface area contributed by atoms with E-state index in [4.69, 9.17) is 5.11 Å². The third kappa shape index (κ3) is 5.95. The minimum atomic E-state index is -0.730. The smallest absolute Gasteiger partial charge is 0.303 e. The van der Waals surface area contributed by atoms with Crippen molar-refractivity contribution < 1.29 is 20.1 Å². The second kappa shape index (κ2) is 10.3. The van der Waals surface area contributed by atoms with Gasteiger partial charge in [-0.1, -0.05) is 50.5 Å². The molecule has 0 spiro atoms. The monoisotopic (exact) mass is 364 g/mol. The maximum atomic E-state index is 10.6. The zero-order chi connectivity index (χ0) is 19.1. The molecule has 2 aliphatic carbocycles. The second-order valence-corrected chi connectivity index (χ2v) is 8.36. The van der Waals surface area contributed by atoms with Gasteiger partial charge in [0.15, 0.2) is 0 Å². The Morgan fingerprint density at radius 1 is 1.31 bits per heavy atom. The summed E-state index contributed by atoms with van der Waals surface area (Å²) in [7, 11) is 0. The standard InChI is InChI=1S/C22H36O4/c1-3-4-7-15(2)20(23)11-10-18-19-13-16(8-5-6-9-22(25)26)12-17(19)14-21(18)24/h8,10-11,15,17-21,23-24H,3-7,9,12-14H2,1-2H3,(H,25,26)/b11-10+,16-8+/t15-,17-,18-,19+,20-,21-/m1/s1. The zero-order valence-corrected chi connectivity index (χ0v) is 16.3. The van der Waals surface area contributed by atoms with Gasteiger partial charge in [0.25, 0.3) is 0 Å². The van der Waals surface area contributed by atoms with E-state index in [9.17, 15) is 15.0 Å². The fourth-order valence-electron chi connectivity index (χ4n) is 4.63. The van der Waals surface area contributed by atoms with Crippen molar-refractivity contribution in [3.8, 4) is 0 Å². The van der Waals surface area contributed by atoms with Gasteiger partial charge in [0, 0.05) is 12.3 Å². The lowest BCUT2D eigenvalue weighted by atomic mass is 9.89. The Morgan fingerprint density at radius 3 is 2.77 bits per heavy atom. The van der Waals surface area contributed by atoms with Gasteiger partial charge in [-0.05, 0) is 56.3 Å². The van der Waals surface area contributed by atoms with Crippen LogP contribution in [0, 0.1) is 23.7 Å². The first-order valence-corrected chi connectivity index (χ1v) is 10.4. The van der Waals surface area contributed by atoms with Crippen molar-refractivity contribution in [2.75, 3.05) is 0 Å². The lowest BCUT2D eigenvalue weighted by Gasteiger charge is -2.19. The molecule has 148 valence electrons. The molecule has 3 N–H and O–H groups in total. The number of carbonyl (C=O) groups is 1. The van der Waals surface area contributed by atoms with Crippen LogP contribution in [0.1, 0.15) is 71.6 Å². The van der Waals surface area contributed by atoms with Crippen LogP contribution < -0.4 is 0 Å². The fraction of sp³-hybridized carbons (Fsp3) is 0.773. The molecule has 0 unspecified atom stereocenters. The van der Waals surface area contributed by atoms with Gasteiger partial charge in [-0.2, -0.15) is 0 Å².